The molecule has 2 heterocycles. The highest BCUT2D eigenvalue weighted by molar-refractivity contribution is 5.88. The topological polar surface area (TPSA) is 56.9 Å². The molecule has 1 aromatic heterocycles. The summed E-state index contributed by atoms with van der Waals surface area (Å²) in [6.07, 6.45) is 2.62. The molecule has 1 saturated heterocycles. The van der Waals surface area contributed by atoms with Crippen molar-refractivity contribution in [3.8, 4) is 0 Å². The normalized spacial score (nSPS) is 16.4. The molecule has 0 radical (unpaired) electrons. The molecule has 0 saturated carbocycles. The maximum absolute atomic E-state index is 10.9. The zero-order chi connectivity index (χ0) is 13.8. The van der Waals surface area contributed by atoms with Crippen molar-refractivity contribution in [1.29, 1.82) is 0 Å². The van der Waals surface area contributed by atoms with Gasteiger partial charge in [0.25, 0.3) is 0 Å². The van der Waals surface area contributed by atoms with E-state index in [9.17, 15) is 4.79 Å². The number of aromatic carboxylic acids is 1. The van der Waals surface area contributed by atoms with Crippen molar-refractivity contribution in [3.63, 3.8) is 0 Å². The molecular weight excluding hydrogens is 244 g/mol. The lowest BCUT2D eigenvalue weighted by Crippen LogP contribution is -2.31. The first kappa shape index (κ1) is 14.1. The number of aryl methyl sites for hydroxylation is 1. The van der Waals surface area contributed by atoms with E-state index in [0.717, 1.165) is 18.8 Å². The Kier molecular flexibility index (Phi) is 4.61. The Morgan fingerprint density at radius 1 is 1.47 bits per heavy atom. The number of furan rings is 1. The van der Waals surface area contributed by atoms with E-state index in [2.05, 4.69) is 9.80 Å². The fourth-order valence-electron chi connectivity index (χ4n) is 2.50. The molecule has 1 aromatic rings. The summed E-state index contributed by atoms with van der Waals surface area (Å²) in [5, 5.41) is 8.98. The van der Waals surface area contributed by atoms with E-state index in [1.165, 1.54) is 25.9 Å². The second-order valence-corrected chi connectivity index (χ2v) is 5.27. The van der Waals surface area contributed by atoms with E-state index >= 15 is 0 Å². The third kappa shape index (κ3) is 3.81. The molecule has 5 nitrogen and oxygen atoms in total. The zero-order valence-electron chi connectivity index (χ0n) is 11.7. The Hall–Kier alpha value is -1.33. The van der Waals surface area contributed by atoms with Crippen LogP contribution in [-0.2, 0) is 6.54 Å². The van der Waals surface area contributed by atoms with Crippen LogP contribution in [0.4, 0.5) is 0 Å². The smallest absolute Gasteiger partial charge is 0.339 e. The van der Waals surface area contributed by atoms with Crippen LogP contribution in [0.5, 0.6) is 0 Å². The minimum Gasteiger partial charge on any atom is -0.478 e. The molecule has 1 fully saturated rings. The predicted octanol–water partition coefficient (Wildman–Crippen LogP) is 1.81. The molecule has 106 valence electrons. The number of carbonyl (C=O) groups is 1. The number of likely N-dealkylation sites (tertiary alicyclic amines) is 1. The first-order valence-electron chi connectivity index (χ1n) is 6.80. The van der Waals surface area contributed by atoms with Crippen LogP contribution in [0.15, 0.2) is 10.5 Å². The first-order valence-corrected chi connectivity index (χ1v) is 6.80. The van der Waals surface area contributed by atoms with Gasteiger partial charge in [0.05, 0.1) is 6.54 Å². The van der Waals surface area contributed by atoms with E-state index in [4.69, 9.17) is 9.52 Å². The van der Waals surface area contributed by atoms with Gasteiger partial charge in [0.2, 0.25) is 0 Å². The zero-order valence-corrected chi connectivity index (χ0v) is 11.7. The van der Waals surface area contributed by atoms with Crippen molar-refractivity contribution in [2.24, 2.45) is 0 Å². The molecule has 0 bridgehead atoms. The van der Waals surface area contributed by atoms with Crippen LogP contribution in [-0.4, -0.2) is 54.1 Å². The van der Waals surface area contributed by atoms with Gasteiger partial charge in [-0.05, 0) is 46.0 Å². The van der Waals surface area contributed by atoms with E-state index in [0.29, 0.717) is 12.3 Å². The average Bonchev–Trinajstić information content (AvgIpc) is 2.96. The van der Waals surface area contributed by atoms with Gasteiger partial charge in [-0.25, -0.2) is 4.79 Å². The van der Waals surface area contributed by atoms with Crippen LogP contribution < -0.4 is 0 Å². The summed E-state index contributed by atoms with van der Waals surface area (Å²) in [5.74, 6) is 0.279. The number of hydrogen-bond donors (Lipinski definition) is 1. The quantitative estimate of drug-likeness (QED) is 0.851. The fraction of sp³-hybridized carbons (Fsp3) is 0.643. The van der Waals surface area contributed by atoms with Gasteiger partial charge in [0, 0.05) is 13.1 Å². The molecule has 0 spiro atoms. The Balaban J connectivity index is 1.82. The van der Waals surface area contributed by atoms with Crippen LogP contribution >= 0.6 is 0 Å². The Morgan fingerprint density at radius 3 is 2.74 bits per heavy atom. The third-order valence-corrected chi connectivity index (χ3v) is 3.62. The van der Waals surface area contributed by atoms with Crippen molar-refractivity contribution in [1.82, 2.24) is 9.80 Å². The van der Waals surface area contributed by atoms with Crippen molar-refractivity contribution in [2.45, 2.75) is 26.3 Å². The molecule has 2 rings (SSSR count). The van der Waals surface area contributed by atoms with Gasteiger partial charge in [-0.3, -0.25) is 4.90 Å². The number of carboxylic acid groups (broad SMARTS) is 1. The maximum Gasteiger partial charge on any atom is 0.339 e. The summed E-state index contributed by atoms with van der Waals surface area (Å²) in [6, 6.07) is 1.63. The summed E-state index contributed by atoms with van der Waals surface area (Å²) in [7, 11) is 2.04. The molecule has 0 aliphatic carbocycles. The van der Waals surface area contributed by atoms with Crippen LogP contribution in [0.25, 0.3) is 0 Å². The molecule has 0 amide bonds. The van der Waals surface area contributed by atoms with Gasteiger partial charge in [-0.15, -0.1) is 0 Å². The Labute approximate surface area is 113 Å². The standard InChI is InChI=1S/C14H22N2O3/c1-11-13(14(17)18)9-12(19-11)10-15(2)7-8-16-5-3-4-6-16/h9H,3-8,10H2,1-2H3,(H,17,18). The molecule has 0 aromatic carbocycles. The number of nitrogens with zero attached hydrogens (tertiary/aromatic N) is 2. The number of likely N-dealkylation sites (N-methyl/N-ethyl adjacent to an activating group) is 1. The van der Waals surface area contributed by atoms with Gasteiger partial charge >= 0.3 is 5.97 Å². The van der Waals surface area contributed by atoms with Crippen LogP contribution in [0.3, 0.4) is 0 Å². The Morgan fingerprint density at radius 2 is 2.16 bits per heavy atom. The summed E-state index contributed by atoms with van der Waals surface area (Å²) >= 11 is 0. The van der Waals surface area contributed by atoms with Gasteiger partial charge in [-0.1, -0.05) is 0 Å². The number of rotatable bonds is 6. The Bertz CT molecular complexity index is 436. The highest BCUT2D eigenvalue weighted by Crippen LogP contribution is 2.16. The van der Waals surface area contributed by atoms with Crippen molar-refractivity contribution in [2.75, 3.05) is 33.2 Å². The third-order valence-electron chi connectivity index (χ3n) is 3.62. The lowest BCUT2D eigenvalue weighted by molar-refractivity contribution is 0.0695. The van der Waals surface area contributed by atoms with E-state index in [-0.39, 0.29) is 5.56 Å². The lowest BCUT2D eigenvalue weighted by atomic mass is 10.2. The van der Waals surface area contributed by atoms with Crippen molar-refractivity contribution >= 4 is 5.97 Å². The lowest BCUT2D eigenvalue weighted by Gasteiger charge is -2.20. The monoisotopic (exact) mass is 266 g/mol. The van der Waals surface area contributed by atoms with E-state index in [1.54, 1.807) is 13.0 Å². The molecule has 0 atom stereocenters. The predicted molar refractivity (Wildman–Crippen MR) is 72.4 cm³/mol. The maximum atomic E-state index is 10.9. The summed E-state index contributed by atoms with van der Waals surface area (Å²) in [6.45, 7) is 6.80. The summed E-state index contributed by atoms with van der Waals surface area (Å²) in [5.41, 5.74) is 0.267. The molecular formula is C14H22N2O3. The van der Waals surface area contributed by atoms with E-state index in [1.807, 2.05) is 7.05 Å². The minimum absolute atomic E-state index is 0.267. The van der Waals surface area contributed by atoms with Crippen LogP contribution in [0.1, 0.15) is 34.7 Å². The molecule has 5 heteroatoms. The molecule has 19 heavy (non-hydrogen) atoms. The highest BCUT2D eigenvalue weighted by atomic mass is 16.4. The van der Waals surface area contributed by atoms with Gasteiger partial charge in [0.15, 0.2) is 0 Å². The van der Waals surface area contributed by atoms with Gasteiger partial charge in [-0.2, -0.15) is 0 Å². The fourth-order valence-corrected chi connectivity index (χ4v) is 2.50. The molecule has 0 unspecified atom stereocenters. The summed E-state index contributed by atoms with van der Waals surface area (Å²) in [4.78, 5) is 15.6. The second-order valence-electron chi connectivity index (χ2n) is 5.27. The molecule has 1 aliphatic rings. The first-order chi connectivity index (χ1) is 9.06. The van der Waals surface area contributed by atoms with E-state index < -0.39 is 5.97 Å². The summed E-state index contributed by atoms with van der Waals surface area (Å²) < 4.78 is 5.48. The largest absolute Gasteiger partial charge is 0.478 e. The van der Waals surface area contributed by atoms with Crippen molar-refractivity contribution in [3.05, 3.63) is 23.2 Å². The highest BCUT2D eigenvalue weighted by Gasteiger charge is 2.16. The van der Waals surface area contributed by atoms with Crippen molar-refractivity contribution < 1.29 is 14.3 Å². The van der Waals surface area contributed by atoms with Crippen LogP contribution in [0.2, 0.25) is 0 Å². The van der Waals surface area contributed by atoms with Gasteiger partial charge < -0.3 is 14.4 Å². The molecule has 1 aliphatic heterocycles. The molecule has 1 N–H and O–H groups in total. The number of hydrogen-bond acceptors (Lipinski definition) is 4. The average molecular weight is 266 g/mol. The minimum atomic E-state index is -0.924. The SMILES string of the molecule is Cc1oc(CN(C)CCN2CCCC2)cc1C(=O)O. The number of carboxylic acids is 1. The second kappa shape index (κ2) is 6.21. The van der Waals surface area contributed by atoms with Crippen LogP contribution in [0, 0.1) is 6.92 Å². The van der Waals surface area contributed by atoms with Gasteiger partial charge in [0.1, 0.15) is 17.1 Å².